The first kappa shape index (κ1) is 65.9. The molecule has 0 aromatic rings. The topological polar surface area (TPSA) is 61.8 Å². The van der Waals surface area contributed by atoms with Crippen molar-refractivity contribution in [2.24, 2.45) is 0 Å². The molecule has 0 fully saturated rings. The number of hydrogen-bond donors (Lipinski definition) is 0. The second-order valence-electron chi connectivity index (χ2n) is 20.3. The SMILES string of the molecule is CCCCC/C=C\C/C=C\CCCCCCCCCCCC(=O)OCC(COCCCCCCCCCC/C=C\C/C=C\CCCCC)OC(=O)CCCCCCCCCCCCCCCCC. The molecule has 68 heavy (non-hydrogen) atoms. The summed E-state index contributed by atoms with van der Waals surface area (Å²) in [4.78, 5) is 25.6. The van der Waals surface area contributed by atoms with Gasteiger partial charge < -0.3 is 14.2 Å². The summed E-state index contributed by atoms with van der Waals surface area (Å²) < 4.78 is 17.5. The van der Waals surface area contributed by atoms with Gasteiger partial charge in [-0.1, -0.05) is 268 Å². The summed E-state index contributed by atoms with van der Waals surface area (Å²) in [6, 6.07) is 0. The normalized spacial score (nSPS) is 12.5. The first-order valence-corrected chi connectivity index (χ1v) is 30.2. The molecule has 0 radical (unpaired) electrons. The molecule has 0 saturated carbocycles. The van der Waals surface area contributed by atoms with E-state index in [1.165, 1.54) is 231 Å². The van der Waals surface area contributed by atoms with Gasteiger partial charge in [0.15, 0.2) is 6.10 Å². The molecule has 0 amide bonds. The first-order chi connectivity index (χ1) is 33.6. The van der Waals surface area contributed by atoms with Crippen LogP contribution in [0.25, 0.3) is 0 Å². The molecule has 0 aliphatic rings. The molecule has 0 bridgehead atoms. The van der Waals surface area contributed by atoms with Crippen molar-refractivity contribution in [3.63, 3.8) is 0 Å². The van der Waals surface area contributed by atoms with E-state index in [1.807, 2.05) is 0 Å². The highest BCUT2D eigenvalue weighted by atomic mass is 16.6. The molecule has 0 heterocycles. The number of allylic oxidation sites excluding steroid dienone is 8. The third-order valence-corrected chi connectivity index (χ3v) is 13.3. The standard InChI is InChI=1S/C63H116O5/c1-4-7-10-13-16-19-22-25-28-30-32-33-36-38-41-44-47-50-53-56-62(64)67-60-61(68-63(65)57-54-51-48-45-42-39-35-27-24-21-18-15-12-9-6-3)59-66-58-55-52-49-46-43-40-37-34-31-29-26-23-20-17-14-11-8-5-2/h16-17,19-20,25-26,28-29,61H,4-15,18,21-24,27,30-60H2,1-3H3/b19-16-,20-17-,28-25-,29-26-. The maximum absolute atomic E-state index is 12.9. The molecule has 1 unspecified atom stereocenters. The lowest BCUT2D eigenvalue weighted by atomic mass is 10.0. The molecule has 0 aliphatic carbocycles. The molecule has 0 rings (SSSR count). The van der Waals surface area contributed by atoms with Gasteiger partial charge in [0.1, 0.15) is 6.61 Å². The zero-order chi connectivity index (χ0) is 49.2. The van der Waals surface area contributed by atoms with Gasteiger partial charge in [0.25, 0.3) is 0 Å². The predicted octanol–water partition coefficient (Wildman–Crippen LogP) is 20.7. The predicted molar refractivity (Wildman–Crippen MR) is 298 cm³/mol. The molecule has 0 aromatic heterocycles. The number of rotatable bonds is 56. The van der Waals surface area contributed by atoms with Crippen molar-refractivity contribution in [1.29, 1.82) is 0 Å². The van der Waals surface area contributed by atoms with Gasteiger partial charge in [-0.05, 0) is 83.5 Å². The van der Waals surface area contributed by atoms with Crippen LogP contribution in [0.5, 0.6) is 0 Å². The van der Waals surface area contributed by atoms with Gasteiger partial charge in [-0.25, -0.2) is 0 Å². The van der Waals surface area contributed by atoms with E-state index in [9.17, 15) is 9.59 Å². The number of esters is 2. The third kappa shape index (κ3) is 56.4. The fourth-order valence-corrected chi connectivity index (χ4v) is 8.81. The summed E-state index contributed by atoms with van der Waals surface area (Å²) in [7, 11) is 0. The molecule has 0 aliphatic heterocycles. The zero-order valence-corrected chi connectivity index (χ0v) is 45.9. The van der Waals surface area contributed by atoms with Crippen LogP contribution < -0.4 is 0 Å². The van der Waals surface area contributed by atoms with Gasteiger partial charge >= 0.3 is 11.9 Å². The average molecular weight is 954 g/mol. The van der Waals surface area contributed by atoms with Crippen LogP contribution in [0.2, 0.25) is 0 Å². The highest BCUT2D eigenvalue weighted by molar-refractivity contribution is 5.70. The zero-order valence-electron chi connectivity index (χ0n) is 45.9. The minimum atomic E-state index is -0.539. The van der Waals surface area contributed by atoms with Crippen LogP contribution in [0, 0.1) is 0 Å². The quantitative estimate of drug-likeness (QED) is 0.0345. The Bertz CT molecular complexity index is 1120. The van der Waals surface area contributed by atoms with E-state index < -0.39 is 6.10 Å². The summed E-state index contributed by atoms with van der Waals surface area (Å²) in [5.41, 5.74) is 0. The lowest BCUT2D eigenvalue weighted by molar-refractivity contribution is -0.163. The Labute approximate surface area is 424 Å². The number of carbonyl (C=O) groups excluding carboxylic acids is 2. The van der Waals surface area contributed by atoms with Gasteiger partial charge in [0.05, 0.1) is 6.61 Å². The lowest BCUT2D eigenvalue weighted by Crippen LogP contribution is -2.30. The van der Waals surface area contributed by atoms with Crippen LogP contribution in [0.4, 0.5) is 0 Å². The van der Waals surface area contributed by atoms with E-state index >= 15 is 0 Å². The lowest BCUT2D eigenvalue weighted by Gasteiger charge is -2.18. The van der Waals surface area contributed by atoms with E-state index in [2.05, 4.69) is 69.4 Å². The average Bonchev–Trinajstić information content (AvgIpc) is 3.34. The molecule has 0 saturated heterocycles. The highest BCUT2D eigenvalue weighted by Crippen LogP contribution is 2.16. The maximum Gasteiger partial charge on any atom is 0.306 e. The molecular weight excluding hydrogens is 837 g/mol. The van der Waals surface area contributed by atoms with Crippen LogP contribution in [0.15, 0.2) is 48.6 Å². The second kappa shape index (κ2) is 59.2. The van der Waals surface area contributed by atoms with Crippen molar-refractivity contribution in [2.45, 2.75) is 322 Å². The molecule has 5 heteroatoms. The van der Waals surface area contributed by atoms with E-state index in [0.717, 1.165) is 51.4 Å². The second-order valence-corrected chi connectivity index (χ2v) is 20.3. The van der Waals surface area contributed by atoms with E-state index in [4.69, 9.17) is 14.2 Å². The van der Waals surface area contributed by atoms with Crippen molar-refractivity contribution in [1.82, 2.24) is 0 Å². The Balaban J connectivity index is 4.25. The van der Waals surface area contributed by atoms with Gasteiger partial charge in [0.2, 0.25) is 0 Å². The van der Waals surface area contributed by atoms with Gasteiger partial charge in [0, 0.05) is 19.4 Å². The highest BCUT2D eigenvalue weighted by Gasteiger charge is 2.17. The maximum atomic E-state index is 12.9. The summed E-state index contributed by atoms with van der Waals surface area (Å²) in [5, 5.41) is 0. The van der Waals surface area contributed by atoms with Gasteiger partial charge in [-0.3, -0.25) is 9.59 Å². The Kier molecular flexibility index (Phi) is 57.3. The number of unbranched alkanes of at least 4 members (excludes halogenated alkanes) is 37. The monoisotopic (exact) mass is 953 g/mol. The van der Waals surface area contributed by atoms with Crippen molar-refractivity contribution in [2.75, 3.05) is 19.8 Å². The Hall–Kier alpha value is -2.14. The molecule has 398 valence electrons. The molecule has 1 atom stereocenters. The summed E-state index contributed by atoms with van der Waals surface area (Å²) in [6.07, 6.45) is 74.2. The number of ether oxygens (including phenoxy) is 3. The van der Waals surface area contributed by atoms with Crippen molar-refractivity contribution < 1.29 is 23.8 Å². The fraction of sp³-hybridized carbons (Fsp3) is 0.841. The summed E-state index contributed by atoms with van der Waals surface area (Å²) in [6.45, 7) is 7.82. The minimum absolute atomic E-state index is 0.0847. The third-order valence-electron chi connectivity index (χ3n) is 13.3. The van der Waals surface area contributed by atoms with Crippen LogP contribution in [-0.4, -0.2) is 37.9 Å². The van der Waals surface area contributed by atoms with E-state index in [-0.39, 0.29) is 25.2 Å². The fourth-order valence-electron chi connectivity index (χ4n) is 8.81. The van der Waals surface area contributed by atoms with Gasteiger partial charge in [-0.15, -0.1) is 0 Å². The van der Waals surface area contributed by atoms with Crippen molar-refractivity contribution >= 4 is 11.9 Å². The summed E-state index contributed by atoms with van der Waals surface area (Å²) >= 11 is 0. The van der Waals surface area contributed by atoms with Crippen LogP contribution in [-0.2, 0) is 23.8 Å². The Morgan fingerprint density at radius 2 is 0.618 bits per heavy atom. The molecule has 0 aromatic carbocycles. The molecular formula is C63H116O5. The Morgan fingerprint density at radius 1 is 0.324 bits per heavy atom. The minimum Gasteiger partial charge on any atom is -0.462 e. The van der Waals surface area contributed by atoms with Gasteiger partial charge in [-0.2, -0.15) is 0 Å². The van der Waals surface area contributed by atoms with Crippen molar-refractivity contribution in [3.05, 3.63) is 48.6 Å². The van der Waals surface area contributed by atoms with Crippen LogP contribution >= 0.6 is 0 Å². The van der Waals surface area contributed by atoms with E-state index in [1.54, 1.807) is 0 Å². The Morgan fingerprint density at radius 3 is 1.00 bits per heavy atom. The largest absolute Gasteiger partial charge is 0.462 e. The summed E-state index contributed by atoms with van der Waals surface area (Å²) in [5.74, 6) is -0.387. The van der Waals surface area contributed by atoms with E-state index in [0.29, 0.717) is 19.4 Å². The van der Waals surface area contributed by atoms with Crippen LogP contribution in [0.3, 0.4) is 0 Å². The molecule has 0 N–H and O–H groups in total. The van der Waals surface area contributed by atoms with Crippen molar-refractivity contribution in [3.8, 4) is 0 Å². The number of hydrogen-bond acceptors (Lipinski definition) is 5. The van der Waals surface area contributed by atoms with Crippen LogP contribution in [0.1, 0.15) is 316 Å². The first-order valence-electron chi connectivity index (χ1n) is 30.2. The smallest absolute Gasteiger partial charge is 0.306 e. The molecule has 5 nitrogen and oxygen atoms in total. The molecule has 0 spiro atoms. The number of carbonyl (C=O) groups is 2.